The molecule has 5 nitrogen and oxygen atoms in total. The number of hydrogen-bond donors (Lipinski definition) is 3. The second kappa shape index (κ2) is 8.17. The van der Waals surface area contributed by atoms with Crippen molar-refractivity contribution in [2.45, 2.75) is 19.7 Å². The Balaban J connectivity index is 1.64. The summed E-state index contributed by atoms with van der Waals surface area (Å²) in [5, 5.41) is 15.2. The van der Waals surface area contributed by atoms with E-state index < -0.39 is 0 Å². The lowest BCUT2D eigenvalue weighted by molar-refractivity contribution is 0.0949. The third-order valence-electron chi connectivity index (χ3n) is 3.86. The molecule has 3 aromatic rings. The van der Waals surface area contributed by atoms with Gasteiger partial charge in [0.15, 0.2) is 0 Å². The Bertz CT molecular complexity index is 811. The largest absolute Gasteiger partial charge is 0.467 e. The van der Waals surface area contributed by atoms with Gasteiger partial charge in [0.25, 0.3) is 5.91 Å². The highest BCUT2D eigenvalue weighted by Gasteiger charge is 2.11. The van der Waals surface area contributed by atoms with Crippen LogP contribution in [0.1, 0.15) is 27.2 Å². The molecule has 5 heteroatoms. The van der Waals surface area contributed by atoms with Crippen molar-refractivity contribution >= 4 is 11.6 Å². The summed E-state index contributed by atoms with van der Waals surface area (Å²) in [7, 11) is 0. The number of carbonyl (C=O) groups is 1. The quantitative estimate of drug-likeness (QED) is 0.619. The van der Waals surface area contributed by atoms with Crippen LogP contribution in [0.4, 0.5) is 5.69 Å². The molecule has 0 radical (unpaired) electrons. The fraction of sp³-hybridized carbons (Fsp3) is 0.150. The summed E-state index contributed by atoms with van der Waals surface area (Å²) in [5.41, 5.74) is 3.30. The summed E-state index contributed by atoms with van der Waals surface area (Å²) in [6.07, 6.45) is 1.58. The monoisotopic (exact) mass is 336 g/mol. The van der Waals surface area contributed by atoms with Crippen LogP contribution in [-0.4, -0.2) is 11.0 Å². The maximum Gasteiger partial charge on any atom is 0.253 e. The molecule has 0 unspecified atom stereocenters. The number of nitrogens with one attached hydrogen (secondary N) is 2. The second-order valence-electron chi connectivity index (χ2n) is 5.64. The van der Waals surface area contributed by atoms with Crippen LogP contribution in [0.3, 0.4) is 0 Å². The molecular weight excluding hydrogens is 316 g/mol. The van der Waals surface area contributed by atoms with Gasteiger partial charge < -0.3 is 20.2 Å². The standard InChI is InChI=1S/C20H20N2O3/c23-14-16-9-7-15(8-10-16)12-21-19-6-2-1-5-18(19)20(24)22-13-17-4-3-11-25-17/h1-11,21,23H,12-14H2,(H,22,24). The molecule has 0 aliphatic rings. The third kappa shape index (κ3) is 4.49. The number of benzene rings is 2. The first kappa shape index (κ1) is 16.8. The van der Waals surface area contributed by atoms with E-state index in [9.17, 15) is 4.79 Å². The van der Waals surface area contributed by atoms with Crippen molar-refractivity contribution in [1.82, 2.24) is 5.32 Å². The van der Waals surface area contributed by atoms with E-state index in [4.69, 9.17) is 9.52 Å². The van der Waals surface area contributed by atoms with E-state index in [0.29, 0.717) is 24.4 Å². The number of aliphatic hydroxyl groups is 1. The van der Waals surface area contributed by atoms with Crippen molar-refractivity contribution in [2.75, 3.05) is 5.32 Å². The summed E-state index contributed by atoms with van der Waals surface area (Å²) in [6, 6.07) is 18.7. The van der Waals surface area contributed by atoms with E-state index in [1.807, 2.05) is 48.5 Å². The molecule has 2 aromatic carbocycles. The highest BCUT2D eigenvalue weighted by molar-refractivity contribution is 5.99. The number of para-hydroxylation sites is 1. The van der Waals surface area contributed by atoms with Gasteiger partial charge in [-0.2, -0.15) is 0 Å². The number of rotatable bonds is 7. The van der Waals surface area contributed by atoms with Crippen LogP contribution in [0.15, 0.2) is 71.3 Å². The van der Waals surface area contributed by atoms with Crippen LogP contribution in [0.25, 0.3) is 0 Å². The Kier molecular flexibility index (Phi) is 5.49. The van der Waals surface area contributed by atoms with E-state index in [1.165, 1.54) is 0 Å². The van der Waals surface area contributed by atoms with E-state index >= 15 is 0 Å². The Morgan fingerprint density at radius 3 is 2.40 bits per heavy atom. The lowest BCUT2D eigenvalue weighted by atomic mass is 10.1. The fourth-order valence-corrected chi connectivity index (χ4v) is 2.47. The van der Waals surface area contributed by atoms with Crippen LogP contribution in [0.2, 0.25) is 0 Å². The zero-order valence-electron chi connectivity index (χ0n) is 13.7. The van der Waals surface area contributed by atoms with Gasteiger partial charge in [-0.3, -0.25) is 4.79 Å². The molecule has 0 atom stereocenters. The second-order valence-corrected chi connectivity index (χ2v) is 5.64. The van der Waals surface area contributed by atoms with Crippen molar-refractivity contribution in [2.24, 2.45) is 0 Å². The highest BCUT2D eigenvalue weighted by atomic mass is 16.3. The number of anilines is 1. The molecule has 1 aromatic heterocycles. The number of furan rings is 1. The summed E-state index contributed by atoms with van der Waals surface area (Å²) >= 11 is 0. The molecule has 0 saturated heterocycles. The van der Waals surface area contributed by atoms with Crippen LogP contribution in [0.5, 0.6) is 0 Å². The molecule has 3 rings (SSSR count). The van der Waals surface area contributed by atoms with Gasteiger partial charge in [0.05, 0.1) is 25.0 Å². The molecule has 3 N–H and O–H groups in total. The number of carbonyl (C=O) groups excluding carboxylic acids is 1. The lowest BCUT2D eigenvalue weighted by Gasteiger charge is -2.12. The average molecular weight is 336 g/mol. The van der Waals surface area contributed by atoms with Gasteiger partial charge in [-0.05, 0) is 35.4 Å². The van der Waals surface area contributed by atoms with Crippen molar-refractivity contribution in [3.63, 3.8) is 0 Å². The van der Waals surface area contributed by atoms with Gasteiger partial charge in [-0.25, -0.2) is 0 Å². The molecule has 25 heavy (non-hydrogen) atoms. The van der Waals surface area contributed by atoms with Crippen LogP contribution < -0.4 is 10.6 Å². The van der Waals surface area contributed by atoms with Crippen LogP contribution >= 0.6 is 0 Å². The highest BCUT2D eigenvalue weighted by Crippen LogP contribution is 2.17. The van der Waals surface area contributed by atoms with Crippen molar-refractivity contribution in [1.29, 1.82) is 0 Å². The molecule has 0 fully saturated rings. The van der Waals surface area contributed by atoms with Crippen molar-refractivity contribution < 1.29 is 14.3 Å². The first-order valence-corrected chi connectivity index (χ1v) is 8.08. The molecule has 0 spiro atoms. The lowest BCUT2D eigenvalue weighted by Crippen LogP contribution is -2.23. The Labute approximate surface area is 146 Å². The molecule has 0 aliphatic carbocycles. The van der Waals surface area contributed by atoms with Gasteiger partial charge in [-0.1, -0.05) is 36.4 Å². The normalized spacial score (nSPS) is 10.4. The summed E-state index contributed by atoms with van der Waals surface area (Å²) < 4.78 is 5.23. The number of aliphatic hydroxyl groups excluding tert-OH is 1. The van der Waals surface area contributed by atoms with E-state index in [1.54, 1.807) is 18.4 Å². The number of hydrogen-bond acceptors (Lipinski definition) is 4. The van der Waals surface area contributed by atoms with Gasteiger partial charge >= 0.3 is 0 Å². The smallest absolute Gasteiger partial charge is 0.253 e. The Hall–Kier alpha value is -3.05. The van der Waals surface area contributed by atoms with Gasteiger partial charge in [0, 0.05) is 12.2 Å². The topological polar surface area (TPSA) is 74.5 Å². The Morgan fingerprint density at radius 2 is 1.68 bits per heavy atom. The third-order valence-corrected chi connectivity index (χ3v) is 3.86. The van der Waals surface area contributed by atoms with Crippen molar-refractivity contribution in [3.05, 3.63) is 89.4 Å². The van der Waals surface area contributed by atoms with Gasteiger partial charge in [0.1, 0.15) is 5.76 Å². The molecule has 0 aliphatic heterocycles. The van der Waals surface area contributed by atoms with Gasteiger partial charge in [-0.15, -0.1) is 0 Å². The first-order valence-electron chi connectivity index (χ1n) is 8.08. The van der Waals surface area contributed by atoms with Gasteiger partial charge in [0.2, 0.25) is 0 Å². The van der Waals surface area contributed by atoms with E-state index in [-0.39, 0.29) is 12.5 Å². The summed E-state index contributed by atoms with van der Waals surface area (Å²) in [6.45, 7) is 0.976. The predicted octanol–water partition coefficient (Wildman–Crippen LogP) is 3.31. The zero-order chi connectivity index (χ0) is 17.5. The average Bonchev–Trinajstić information content (AvgIpc) is 3.19. The zero-order valence-corrected chi connectivity index (χ0v) is 13.7. The molecule has 0 bridgehead atoms. The van der Waals surface area contributed by atoms with E-state index in [2.05, 4.69) is 10.6 Å². The molecule has 128 valence electrons. The first-order chi connectivity index (χ1) is 12.3. The molecule has 0 saturated carbocycles. The Morgan fingerprint density at radius 1 is 0.920 bits per heavy atom. The minimum Gasteiger partial charge on any atom is -0.467 e. The minimum absolute atomic E-state index is 0.0341. The molecule has 1 amide bonds. The van der Waals surface area contributed by atoms with E-state index in [0.717, 1.165) is 16.8 Å². The molecule has 1 heterocycles. The molecular formula is C20H20N2O3. The van der Waals surface area contributed by atoms with Crippen molar-refractivity contribution in [3.8, 4) is 0 Å². The number of amides is 1. The minimum atomic E-state index is -0.157. The maximum absolute atomic E-state index is 12.4. The van der Waals surface area contributed by atoms with Crippen LogP contribution in [0, 0.1) is 0 Å². The summed E-state index contributed by atoms with van der Waals surface area (Å²) in [5.74, 6) is 0.554. The predicted molar refractivity (Wildman–Crippen MR) is 96.0 cm³/mol. The summed E-state index contributed by atoms with van der Waals surface area (Å²) in [4.78, 5) is 12.4. The fourth-order valence-electron chi connectivity index (χ4n) is 2.47. The maximum atomic E-state index is 12.4. The van der Waals surface area contributed by atoms with Crippen LogP contribution in [-0.2, 0) is 19.7 Å². The SMILES string of the molecule is O=C(NCc1ccco1)c1ccccc1NCc1ccc(CO)cc1.